The van der Waals surface area contributed by atoms with Crippen molar-refractivity contribution >= 4 is 17.1 Å². The van der Waals surface area contributed by atoms with Gasteiger partial charge in [-0.2, -0.15) is 4.98 Å². The average Bonchev–Trinajstić information content (AvgIpc) is 3.08. The van der Waals surface area contributed by atoms with Gasteiger partial charge in [-0.05, 0) is 0 Å². The van der Waals surface area contributed by atoms with E-state index >= 15 is 0 Å². The van der Waals surface area contributed by atoms with E-state index in [0.717, 1.165) is 0 Å². The van der Waals surface area contributed by atoms with Gasteiger partial charge in [-0.25, -0.2) is 19.6 Å². The highest BCUT2D eigenvalue weighted by Crippen LogP contribution is 2.34. The minimum atomic E-state index is -1.22. The SMILES string of the molecule is Nc1nc2c(ncn2[C@H]2O[C@@H](COO)C(OO)C2OO)c(=O)[nH]1. The summed E-state index contributed by atoms with van der Waals surface area (Å²) in [5.74, 6) is -0.145. The average molecular weight is 331 g/mol. The molecule has 13 heteroatoms. The zero-order valence-corrected chi connectivity index (χ0v) is 11.4. The number of fused-ring (bicyclic) bond motifs is 1. The first-order valence-electron chi connectivity index (χ1n) is 6.35. The zero-order chi connectivity index (χ0) is 16.6. The zero-order valence-electron chi connectivity index (χ0n) is 11.4. The number of aromatic amines is 1. The molecule has 23 heavy (non-hydrogen) atoms. The molecule has 1 saturated heterocycles. The molecule has 126 valence electrons. The summed E-state index contributed by atoms with van der Waals surface area (Å²) in [4.78, 5) is 34.4. The molecular formula is C10H13N5O8. The lowest BCUT2D eigenvalue weighted by molar-refractivity contribution is -0.357. The smallest absolute Gasteiger partial charge is 0.280 e. The fourth-order valence-electron chi connectivity index (χ4n) is 2.51. The van der Waals surface area contributed by atoms with Gasteiger partial charge < -0.3 is 10.5 Å². The molecule has 2 aromatic heterocycles. The number of rotatable bonds is 5. The van der Waals surface area contributed by atoms with Crippen LogP contribution in [0.1, 0.15) is 6.23 Å². The molecule has 3 rings (SSSR count). The number of hydrogen-bond acceptors (Lipinski definition) is 11. The van der Waals surface area contributed by atoms with Crippen LogP contribution in [0.4, 0.5) is 5.95 Å². The lowest BCUT2D eigenvalue weighted by Gasteiger charge is -2.18. The van der Waals surface area contributed by atoms with Crippen LogP contribution in [0.2, 0.25) is 0 Å². The van der Waals surface area contributed by atoms with Crippen molar-refractivity contribution in [2.45, 2.75) is 24.5 Å². The van der Waals surface area contributed by atoms with E-state index in [9.17, 15) is 4.79 Å². The van der Waals surface area contributed by atoms with Gasteiger partial charge in [-0.3, -0.25) is 30.1 Å². The monoisotopic (exact) mass is 331 g/mol. The van der Waals surface area contributed by atoms with E-state index in [2.05, 4.69) is 29.6 Å². The quantitative estimate of drug-likeness (QED) is 0.327. The van der Waals surface area contributed by atoms with E-state index in [-0.39, 0.29) is 23.7 Å². The molecule has 0 amide bonds. The molecule has 0 radical (unpaired) electrons. The third kappa shape index (κ3) is 2.55. The van der Waals surface area contributed by atoms with E-state index in [0.29, 0.717) is 0 Å². The Morgan fingerprint density at radius 2 is 2.09 bits per heavy atom. The molecule has 2 unspecified atom stereocenters. The van der Waals surface area contributed by atoms with E-state index in [1.807, 2.05) is 0 Å². The summed E-state index contributed by atoms with van der Waals surface area (Å²) >= 11 is 0. The van der Waals surface area contributed by atoms with Crippen molar-refractivity contribution in [3.8, 4) is 0 Å². The van der Waals surface area contributed by atoms with Crippen molar-refractivity contribution in [2.75, 3.05) is 12.3 Å². The molecule has 1 aliphatic rings. The molecule has 4 atom stereocenters. The van der Waals surface area contributed by atoms with Crippen molar-refractivity contribution in [3.05, 3.63) is 16.7 Å². The first-order valence-corrected chi connectivity index (χ1v) is 6.35. The maximum atomic E-state index is 11.8. The third-order valence-electron chi connectivity index (χ3n) is 3.49. The van der Waals surface area contributed by atoms with Crippen LogP contribution in [0.25, 0.3) is 11.2 Å². The number of nitrogen functional groups attached to an aromatic ring is 1. The highest BCUT2D eigenvalue weighted by molar-refractivity contribution is 5.70. The van der Waals surface area contributed by atoms with E-state index in [1.165, 1.54) is 10.9 Å². The van der Waals surface area contributed by atoms with Crippen molar-refractivity contribution < 1.29 is 35.2 Å². The summed E-state index contributed by atoms with van der Waals surface area (Å²) in [6.07, 6.45) is -3.26. The lowest BCUT2D eigenvalue weighted by Crippen LogP contribution is -2.37. The summed E-state index contributed by atoms with van der Waals surface area (Å²) < 4.78 is 6.79. The van der Waals surface area contributed by atoms with Gasteiger partial charge in [0, 0.05) is 0 Å². The van der Waals surface area contributed by atoms with Crippen LogP contribution >= 0.6 is 0 Å². The highest BCUT2D eigenvalue weighted by atomic mass is 17.1. The summed E-state index contributed by atoms with van der Waals surface area (Å²) in [7, 11) is 0. The van der Waals surface area contributed by atoms with Gasteiger partial charge in [0.05, 0.1) is 6.33 Å². The molecule has 13 nitrogen and oxygen atoms in total. The second kappa shape index (κ2) is 6.17. The van der Waals surface area contributed by atoms with Crippen LogP contribution in [0.3, 0.4) is 0 Å². The molecule has 1 aliphatic heterocycles. The maximum Gasteiger partial charge on any atom is 0.280 e. The third-order valence-corrected chi connectivity index (χ3v) is 3.49. The standard InChI is InChI=1S/C10H13N5O8/c11-10-13-7-4(8(16)14-10)12-2-15(7)9-6(23-19)5(22-18)3(21-9)1-20-17/h2-3,5-6,9,17-19H,1H2,(H3,11,13,14,16)/t3-,5?,6?,9-/m0/s1. The fourth-order valence-corrected chi connectivity index (χ4v) is 2.51. The number of nitrogens with one attached hydrogen (secondary N) is 1. The van der Waals surface area contributed by atoms with E-state index in [1.54, 1.807) is 0 Å². The predicted molar refractivity (Wildman–Crippen MR) is 70.1 cm³/mol. The normalized spacial score (nSPS) is 27.8. The number of ether oxygens (including phenoxy) is 1. The number of anilines is 1. The van der Waals surface area contributed by atoms with Crippen LogP contribution in [0.15, 0.2) is 11.1 Å². The molecule has 0 saturated carbocycles. The minimum Gasteiger partial charge on any atom is -0.369 e. The molecule has 0 bridgehead atoms. The summed E-state index contributed by atoms with van der Waals surface area (Å²) in [5, 5.41) is 26.6. The molecular weight excluding hydrogens is 318 g/mol. The Bertz CT molecular complexity index is 746. The first kappa shape index (κ1) is 15.8. The number of nitrogens with two attached hydrogens (primary N) is 1. The molecule has 2 aromatic rings. The second-order valence-corrected chi connectivity index (χ2v) is 4.78. The van der Waals surface area contributed by atoms with Crippen LogP contribution in [-0.4, -0.2) is 60.2 Å². The first-order chi connectivity index (χ1) is 11.1. The van der Waals surface area contributed by atoms with Gasteiger partial charge in [-0.15, -0.1) is 0 Å². The Morgan fingerprint density at radius 3 is 2.74 bits per heavy atom. The summed E-state index contributed by atoms with van der Waals surface area (Å²) in [5.41, 5.74) is 5.00. The van der Waals surface area contributed by atoms with Crippen molar-refractivity contribution in [1.29, 1.82) is 0 Å². The Balaban J connectivity index is 2.05. The molecule has 6 N–H and O–H groups in total. The van der Waals surface area contributed by atoms with Crippen LogP contribution in [0, 0.1) is 0 Å². The van der Waals surface area contributed by atoms with Crippen molar-refractivity contribution in [2.24, 2.45) is 0 Å². The fraction of sp³-hybridized carbons (Fsp3) is 0.500. The van der Waals surface area contributed by atoms with Gasteiger partial charge in [0.2, 0.25) is 5.95 Å². The van der Waals surface area contributed by atoms with Gasteiger partial charge in [0.15, 0.2) is 29.6 Å². The number of nitrogens with zero attached hydrogens (tertiary/aromatic N) is 3. The van der Waals surface area contributed by atoms with E-state index in [4.69, 9.17) is 26.2 Å². The van der Waals surface area contributed by atoms with Crippen LogP contribution in [-0.2, 0) is 19.4 Å². The maximum absolute atomic E-state index is 11.8. The van der Waals surface area contributed by atoms with Gasteiger partial charge in [-0.1, -0.05) is 0 Å². The molecule has 0 aliphatic carbocycles. The van der Waals surface area contributed by atoms with Crippen LogP contribution in [0.5, 0.6) is 0 Å². The Morgan fingerprint density at radius 1 is 1.35 bits per heavy atom. The number of H-pyrrole nitrogens is 1. The summed E-state index contributed by atoms with van der Waals surface area (Å²) in [6.45, 7) is -0.371. The molecule has 0 aromatic carbocycles. The van der Waals surface area contributed by atoms with Crippen molar-refractivity contribution in [3.63, 3.8) is 0 Å². The predicted octanol–water partition coefficient (Wildman–Crippen LogP) is -1.19. The second-order valence-electron chi connectivity index (χ2n) is 4.78. The topological polar surface area (TPSA) is 187 Å². The highest BCUT2D eigenvalue weighted by Gasteiger charge is 2.49. The number of imidazole rings is 1. The largest absolute Gasteiger partial charge is 0.369 e. The van der Waals surface area contributed by atoms with Crippen molar-refractivity contribution in [1.82, 2.24) is 19.5 Å². The number of hydrogen-bond donors (Lipinski definition) is 5. The molecule has 1 fully saturated rings. The summed E-state index contributed by atoms with van der Waals surface area (Å²) in [6, 6.07) is 0. The molecule has 0 spiro atoms. The number of aromatic nitrogens is 4. The lowest BCUT2D eigenvalue weighted by atomic mass is 10.1. The van der Waals surface area contributed by atoms with Gasteiger partial charge >= 0.3 is 0 Å². The van der Waals surface area contributed by atoms with Gasteiger partial charge in [0.25, 0.3) is 5.56 Å². The van der Waals surface area contributed by atoms with Gasteiger partial charge in [0.1, 0.15) is 12.7 Å². The minimum absolute atomic E-state index is 0.0113. The molecule has 3 heterocycles. The Labute approximate surface area is 126 Å². The Hall–Kier alpha value is -2.13. The van der Waals surface area contributed by atoms with Crippen LogP contribution < -0.4 is 11.3 Å². The Kier molecular flexibility index (Phi) is 4.22. The van der Waals surface area contributed by atoms with E-state index < -0.39 is 30.1 Å².